The van der Waals surface area contributed by atoms with Gasteiger partial charge in [0.2, 0.25) is 5.88 Å². The van der Waals surface area contributed by atoms with Crippen LogP contribution < -0.4 is 4.74 Å². The predicted molar refractivity (Wildman–Crippen MR) is 99.3 cm³/mol. The molecule has 0 spiro atoms. The zero-order valence-electron chi connectivity index (χ0n) is 13.7. The molecule has 1 aromatic heterocycles. The van der Waals surface area contributed by atoms with Crippen molar-refractivity contribution in [3.63, 3.8) is 0 Å². The molecule has 23 heavy (non-hydrogen) atoms. The number of hydrogen-bond donors (Lipinski definition) is 0. The normalized spacial score (nSPS) is 22.0. The molecule has 2 aliphatic rings. The van der Waals surface area contributed by atoms with E-state index in [0.717, 1.165) is 17.3 Å². The Morgan fingerprint density at radius 2 is 2.17 bits per heavy atom. The van der Waals surface area contributed by atoms with Crippen molar-refractivity contribution < 1.29 is 9.31 Å². The summed E-state index contributed by atoms with van der Waals surface area (Å²) in [6.45, 7) is 7.98. The number of nitrogens with zero attached hydrogens (tertiary/aromatic N) is 3. The molecule has 2 unspecified atom stereocenters. The maximum atomic E-state index is 5.32. The molecule has 0 saturated carbocycles. The van der Waals surface area contributed by atoms with Crippen molar-refractivity contribution in [1.82, 2.24) is 9.97 Å². The second-order valence-electron chi connectivity index (χ2n) is 4.62. The van der Waals surface area contributed by atoms with Gasteiger partial charge in [-0.2, -0.15) is 9.56 Å². The third-order valence-corrected chi connectivity index (χ3v) is 5.49. The average molecular weight is 349 g/mol. The Hall–Kier alpha value is -1.53. The number of aromatic nitrogens is 2. The molecule has 2 atom stereocenters. The summed E-state index contributed by atoms with van der Waals surface area (Å²) in [5, 5.41) is 2.95. The standard InChI is InChI=1S/C15H16N3OS2.C2H6/c1-18-8-9-20-15(18)21-13-10-12(19-2)16-14(17-13)11-6-4-3-5-7-11;1-2/h3-6,8-11,15H,1,7H2,2H3;1-2H3/q+1;. The number of hydrogen-bond acceptors (Lipinski definition) is 5. The quantitative estimate of drug-likeness (QED) is 0.595. The van der Waals surface area contributed by atoms with Gasteiger partial charge in [0.1, 0.15) is 17.6 Å². The Kier molecular flexibility index (Phi) is 6.92. The average Bonchev–Trinajstić information content (AvgIpc) is 3.02. The van der Waals surface area contributed by atoms with Gasteiger partial charge >= 0.3 is 0 Å². The van der Waals surface area contributed by atoms with Crippen LogP contribution in [0, 0.1) is 0 Å². The van der Waals surface area contributed by atoms with Crippen LogP contribution in [0.25, 0.3) is 0 Å². The fourth-order valence-electron chi connectivity index (χ4n) is 2.05. The van der Waals surface area contributed by atoms with Crippen LogP contribution in [0.15, 0.2) is 47.0 Å². The van der Waals surface area contributed by atoms with Crippen molar-refractivity contribution in [3.05, 3.63) is 47.8 Å². The molecule has 4 nitrogen and oxygen atoms in total. The summed E-state index contributed by atoms with van der Waals surface area (Å²) in [6, 6.07) is 1.88. The van der Waals surface area contributed by atoms with Gasteiger partial charge in [-0.15, -0.1) is 0 Å². The summed E-state index contributed by atoms with van der Waals surface area (Å²) in [5.74, 6) is 1.63. The maximum absolute atomic E-state index is 5.32. The smallest absolute Gasteiger partial charge is 0.260 e. The van der Waals surface area contributed by atoms with Gasteiger partial charge in [-0.05, 0) is 29.9 Å². The molecule has 122 valence electrons. The van der Waals surface area contributed by atoms with Gasteiger partial charge in [0.25, 0.3) is 4.71 Å². The Bertz CT molecular complexity index is 641. The van der Waals surface area contributed by atoms with E-state index >= 15 is 0 Å². The number of ether oxygens (including phenoxy) is 1. The summed E-state index contributed by atoms with van der Waals surface area (Å²) in [7, 11) is 1.64. The minimum atomic E-state index is 0.208. The molecule has 0 radical (unpaired) electrons. The predicted octanol–water partition coefficient (Wildman–Crippen LogP) is 4.42. The van der Waals surface area contributed by atoms with E-state index < -0.39 is 0 Å². The molecule has 0 bridgehead atoms. The second kappa shape index (κ2) is 8.93. The molecule has 1 aromatic rings. The van der Waals surface area contributed by atoms with Crippen molar-refractivity contribution in [1.29, 1.82) is 0 Å². The topological polar surface area (TPSA) is 38.0 Å². The van der Waals surface area contributed by atoms with Gasteiger partial charge < -0.3 is 4.74 Å². The molecular weight excluding hydrogens is 326 g/mol. The Balaban J connectivity index is 0.000000924. The summed E-state index contributed by atoms with van der Waals surface area (Å²) in [5.41, 5.74) is 0. The lowest BCUT2D eigenvalue weighted by Crippen LogP contribution is -2.10. The third kappa shape index (κ3) is 4.72. The van der Waals surface area contributed by atoms with Crippen LogP contribution in [0.5, 0.6) is 5.88 Å². The number of rotatable bonds is 4. The minimum absolute atomic E-state index is 0.208. The molecule has 0 N–H and O–H groups in total. The lowest BCUT2D eigenvalue weighted by molar-refractivity contribution is -0.433. The summed E-state index contributed by atoms with van der Waals surface area (Å²) >= 11 is 3.38. The van der Waals surface area contributed by atoms with Gasteiger partial charge in [0.05, 0.1) is 7.11 Å². The van der Waals surface area contributed by atoms with E-state index in [1.54, 1.807) is 30.6 Å². The molecule has 1 aliphatic heterocycles. The number of thioether (sulfide) groups is 2. The lowest BCUT2D eigenvalue weighted by atomic mass is 10.0. The van der Waals surface area contributed by atoms with Crippen LogP contribution in [-0.4, -0.2) is 33.1 Å². The largest absolute Gasteiger partial charge is 0.481 e. The van der Waals surface area contributed by atoms with Crippen LogP contribution in [0.3, 0.4) is 0 Å². The summed E-state index contributed by atoms with van der Waals surface area (Å²) < 4.78 is 7.45. The molecule has 0 saturated heterocycles. The lowest BCUT2D eigenvalue weighted by Gasteiger charge is -2.14. The maximum Gasteiger partial charge on any atom is 0.260 e. The van der Waals surface area contributed by atoms with E-state index in [1.807, 2.05) is 48.2 Å². The van der Waals surface area contributed by atoms with Crippen molar-refractivity contribution in [3.8, 4) is 5.88 Å². The highest BCUT2D eigenvalue weighted by Gasteiger charge is 2.25. The minimum Gasteiger partial charge on any atom is -0.481 e. The van der Waals surface area contributed by atoms with E-state index in [2.05, 4.69) is 23.9 Å². The first-order valence-corrected chi connectivity index (χ1v) is 9.42. The fraction of sp³-hybridized carbons (Fsp3) is 0.353. The van der Waals surface area contributed by atoms with Crippen LogP contribution in [0.2, 0.25) is 0 Å². The monoisotopic (exact) mass is 348 g/mol. The summed E-state index contributed by atoms with van der Waals surface area (Å²) in [4.78, 5) is 9.18. The Labute approximate surface area is 146 Å². The summed E-state index contributed by atoms with van der Waals surface area (Å²) in [6.07, 6.45) is 11.2. The molecule has 0 amide bonds. The SMILES string of the molecule is C=[N+]1C=CSC1Sc1cc(OC)nc(C2C=CC=CC2)n1.CC. The van der Waals surface area contributed by atoms with Crippen molar-refractivity contribution in [2.45, 2.75) is 35.9 Å². The van der Waals surface area contributed by atoms with Gasteiger partial charge in [0.15, 0.2) is 6.20 Å². The highest BCUT2D eigenvalue weighted by Crippen LogP contribution is 2.36. The number of allylic oxidation sites excluding steroid dienone is 4. The zero-order valence-corrected chi connectivity index (χ0v) is 15.3. The second-order valence-corrected chi connectivity index (χ2v) is 7.01. The Morgan fingerprint density at radius 1 is 1.35 bits per heavy atom. The Morgan fingerprint density at radius 3 is 2.78 bits per heavy atom. The van der Waals surface area contributed by atoms with E-state index in [4.69, 9.17) is 9.72 Å². The number of methoxy groups -OCH3 is 1. The highest BCUT2D eigenvalue weighted by atomic mass is 32.2. The van der Waals surface area contributed by atoms with Gasteiger partial charge in [-0.25, -0.2) is 4.98 Å². The molecule has 6 heteroatoms. The zero-order chi connectivity index (χ0) is 16.7. The van der Waals surface area contributed by atoms with Crippen LogP contribution >= 0.6 is 23.5 Å². The molecule has 0 fully saturated rings. The molecular formula is C17H22N3OS2+. The van der Waals surface area contributed by atoms with Crippen molar-refractivity contribution in [2.24, 2.45) is 0 Å². The van der Waals surface area contributed by atoms with E-state index in [-0.39, 0.29) is 10.6 Å². The van der Waals surface area contributed by atoms with Gasteiger partial charge in [-0.1, -0.05) is 38.2 Å². The highest BCUT2D eigenvalue weighted by molar-refractivity contribution is 8.18. The molecule has 0 aromatic carbocycles. The first-order valence-electron chi connectivity index (χ1n) is 7.60. The first kappa shape index (κ1) is 17.8. The third-order valence-electron chi connectivity index (χ3n) is 3.16. The van der Waals surface area contributed by atoms with Crippen molar-refractivity contribution >= 4 is 30.2 Å². The molecule has 2 heterocycles. The van der Waals surface area contributed by atoms with E-state index in [1.165, 1.54) is 0 Å². The van der Waals surface area contributed by atoms with Crippen LogP contribution in [0.4, 0.5) is 0 Å². The first-order chi connectivity index (χ1) is 11.3. The van der Waals surface area contributed by atoms with Gasteiger partial charge in [-0.3, -0.25) is 0 Å². The molecule has 1 aliphatic carbocycles. The van der Waals surface area contributed by atoms with E-state index in [9.17, 15) is 0 Å². The van der Waals surface area contributed by atoms with E-state index in [0.29, 0.717) is 5.88 Å². The van der Waals surface area contributed by atoms with Crippen LogP contribution in [-0.2, 0) is 0 Å². The molecule has 3 rings (SSSR count). The van der Waals surface area contributed by atoms with Crippen molar-refractivity contribution in [2.75, 3.05) is 7.11 Å². The van der Waals surface area contributed by atoms with Gasteiger partial charge in [0, 0.05) is 17.4 Å². The van der Waals surface area contributed by atoms with Crippen LogP contribution in [0.1, 0.15) is 32.0 Å². The fourth-order valence-corrected chi connectivity index (χ4v) is 4.08.